The fourth-order valence-corrected chi connectivity index (χ4v) is 2.85. The van der Waals surface area contributed by atoms with Gasteiger partial charge in [0.25, 0.3) is 5.91 Å². The molecule has 2 rings (SSSR count). The maximum Gasteiger partial charge on any atom is 0.325 e. The molecular formula is C17H21ClFN3O3. The molecule has 0 radical (unpaired) electrons. The van der Waals surface area contributed by atoms with E-state index in [0.29, 0.717) is 6.42 Å². The van der Waals surface area contributed by atoms with E-state index in [1.165, 1.54) is 30.1 Å². The zero-order valence-electron chi connectivity index (χ0n) is 14.4. The van der Waals surface area contributed by atoms with Gasteiger partial charge in [0.1, 0.15) is 18.4 Å². The van der Waals surface area contributed by atoms with Gasteiger partial charge in [-0.1, -0.05) is 31.5 Å². The Kier molecular flexibility index (Phi) is 6.00. The van der Waals surface area contributed by atoms with Crippen molar-refractivity contribution >= 4 is 29.4 Å². The summed E-state index contributed by atoms with van der Waals surface area (Å²) in [5, 5.41) is 2.80. The van der Waals surface area contributed by atoms with Crippen molar-refractivity contribution < 1.29 is 18.8 Å². The highest BCUT2D eigenvalue weighted by molar-refractivity contribution is 6.31. The van der Waals surface area contributed by atoms with E-state index in [4.69, 9.17) is 11.6 Å². The molecule has 1 atom stereocenters. The van der Waals surface area contributed by atoms with E-state index in [2.05, 4.69) is 5.32 Å². The van der Waals surface area contributed by atoms with Crippen LogP contribution in [0.2, 0.25) is 5.02 Å². The van der Waals surface area contributed by atoms with Gasteiger partial charge in [-0.3, -0.25) is 14.5 Å². The minimum absolute atomic E-state index is 0.0522. The van der Waals surface area contributed by atoms with Crippen molar-refractivity contribution in [3.05, 3.63) is 34.6 Å². The fraction of sp³-hybridized carbons (Fsp3) is 0.471. The first-order valence-electron chi connectivity index (χ1n) is 7.99. The molecule has 0 bridgehead atoms. The fourth-order valence-electron chi connectivity index (χ4n) is 2.62. The molecule has 1 heterocycles. The van der Waals surface area contributed by atoms with E-state index >= 15 is 0 Å². The third-order valence-electron chi connectivity index (χ3n) is 3.99. The number of hydrogen-bond donors (Lipinski definition) is 1. The van der Waals surface area contributed by atoms with Crippen LogP contribution in [0.15, 0.2) is 18.2 Å². The maximum atomic E-state index is 13.8. The average molecular weight is 370 g/mol. The van der Waals surface area contributed by atoms with Gasteiger partial charge < -0.3 is 10.2 Å². The van der Waals surface area contributed by atoms with Crippen molar-refractivity contribution in [2.45, 2.75) is 32.9 Å². The van der Waals surface area contributed by atoms with Gasteiger partial charge in [0.15, 0.2) is 0 Å². The summed E-state index contributed by atoms with van der Waals surface area (Å²) >= 11 is 5.96. The number of imide groups is 1. The van der Waals surface area contributed by atoms with Crippen molar-refractivity contribution in [3.63, 3.8) is 0 Å². The average Bonchev–Trinajstić information content (AvgIpc) is 2.77. The first-order chi connectivity index (χ1) is 11.7. The first kappa shape index (κ1) is 19.2. The predicted octanol–water partition coefficient (Wildman–Crippen LogP) is 2.40. The van der Waals surface area contributed by atoms with E-state index in [1.807, 2.05) is 13.8 Å². The van der Waals surface area contributed by atoms with Gasteiger partial charge in [0.2, 0.25) is 5.91 Å². The lowest BCUT2D eigenvalue weighted by Gasteiger charge is -2.21. The molecule has 0 spiro atoms. The lowest BCUT2D eigenvalue weighted by molar-refractivity contribution is -0.137. The van der Waals surface area contributed by atoms with Gasteiger partial charge in [0, 0.05) is 24.2 Å². The first-order valence-corrected chi connectivity index (χ1v) is 8.37. The van der Waals surface area contributed by atoms with E-state index in [0.717, 1.165) is 4.90 Å². The number of nitrogens with zero attached hydrogens (tertiary/aromatic N) is 2. The van der Waals surface area contributed by atoms with Gasteiger partial charge in [-0.25, -0.2) is 9.18 Å². The summed E-state index contributed by atoms with van der Waals surface area (Å²) in [7, 11) is 1.47. The highest BCUT2D eigenvalue weighted by Crippen LogP contribution is 2.21. The van der Waals surface area contributed by atoms with Gasteiger partial charge in [-0.2, -0.15) is 0 Å². The van der Waals surface area contributed by atoms with E-state index in [9.17, 15) is 18.8 Å². The number of benzene rings is 1. The summed E-state index contributed by atoms with van der Waals surface area (Å²) in [5.41, 5.74) is 0.190. The molecule has 25 heavy (non-hydrogen) atoms. The minimum atomic E-state index is -0.605. The Hall–Kier alpha value is -2.15. The van der Waals surface area contributed by atoms with Crippen LogP contribution in [0.5, 0.6) is 0 Å². The van der Waals surface area contributed by atoms with Crippen molar-refractivity contribution in [2.24, 2.45) is 5.92 Å². The largest absolute Gasteiger partial charge is 0.340 e. The van der Waals surface area contributed by atoms with Crippen LogP contribution < -0.4 is 5.32 Å². The van der Waals surface area contributed by atoms with Crippen LogP contribution in [0.4, 0.5) is 9.18 Å². The molecule has 4 amide bonds. The number of likely N-dealkylation sites (N-methyl/N-ethyl adjacent to an activating group) is 1. The number of amides is 4. The Morgan fingerprint density at radius 2 is 2.08 bits per heavy atom. The van der Waals surface area contributed by atoms with E-state index in [1.54, 1.807) is 0 Å². The van der Waals surface area contributed by atoms with Crippen LogP contribution >= 0.6 is 11.6 Å². The van der Waals surface area contributed by atoms with Crippen LogP contribution in [0, 0.1) is 11.7 Å². The van der Waals surface area contributed by atoms with Crippen molar-refractivity contribution in [3.8, 4) is 0 Å². The molecule has 0 aliphatic carbocycles. The predicted molar refractivity (Wildman–Crippen MR) is 91.4 cm³/mol. The molecule has 1 aliphatic rings. The molecule has 1 N–H and O–H groups in total. The smallest absolute Gasteiger partial charge is 0.325 e. The van der Waals surface area contributed by atoms with Crippen LogP contribution in [0.25, 0.3) is 0 Å². The number of rotatable bonds is 6. The molecule has 1 unspecified atom stereocenters. The van der Waals surface area contributed by atoms with Gasteiger partial charge in [-0.05, 0) is 24.5 Å². The summed E-state index contributed by atoms with van der Waals surface area (Å²) < 4.78 is 13.8. The number of urea groups is 1. The zero-order valence-corrected chi connectivity index (χ0v) is 15.1. The van der Waals surface area contributed by atoms with Gasteiger partial charge >= 0.3 is 6.03 Å². The lowest BCUT2D eigenvalue weighted by Crippen LogP contribution is -2.41. The van der Waals surface area contributed by atoms with Crippen LogP contribution in [0.1, 0.15) is 25.8 Å². The molecular weight excluding hydrogens is 349 g/mol. The Balaban J connectivity index is 2.01. The van der Waals surface area contributed by atoms with Gasteiger partial charge in [-0.15, -0.1) is 0 Å². The number of hydrogen-bond acceptors (Lipinski definition) is 3. The SMILES string of the molecule is CC(C)CC1NC(=O)N(CC(=O)N(C)Cc2c(F)cccc2Cl)C1=O. The van der Waals surface area contributed by atoms with Crippen LogP contribution in [-0.2, 0) is 16.1 Å². The molecule has 1 aromatic carbocycles. The Morgan fingerprint density at radius 1 is 1.40 bits per heavy atom. The molecule has 1 fully saturated rings. The molecule has 6 nitrogen and oxygen atoms in total. The maximum absolute atomic E-state index is 13.8. The highest BCUT2D eigenvalue weighted by Gasteiger charge is 2.39. The second kappa shape index (κ2) is 7.82. The molecule has 1 aromatic rings. The summed E-state index contributed by atoms with van der Waals surface area (Å²) in [5.74, 6) is -1.17. The van der Waals surface area contributed by atoms with Crippen LogP contribution in [0.3, 0.4) is 0 Å². The topological polar surface area (TPSA) is 69.7 Å². The number of halogens is 2. The summed E-state index contributed by atoms with van der Waals surface area (Å²) in [4.78, 5) is 38.7. The van der Waals surface area contributed by atoms with Crippen molar-refractivity contribution in [1.82, 2.24) is 15.1 Å². The minimum Gasteiger partial charge on any atom is -0.340 e. The molecule has 0 saturated carbocycles. The molecule has 1 saturated heterocycles. The highest BCUT2D eigenvalue weighted by atomic mass is 35.5. The van der Waals surface area contributed by atoms with Crippen molar-refractivity contribution in [1.29, 1.82) is 0 Å². The second-order valence-electron chi connectivity index (χ2n) is 6.51. The van der Waals surface area contributed by atoms with Crippen LogP contribution in [-0.4, -0.2) is 47.3 Å². The number of nitrogens with one attached hydrogen (secondary N) is 1. The Bertz CT molecular complexity index is 675. The summed E-state index contributed by atoms with van der Waals surface area (Å²) in [6.45, 7) is 3.45. The normalized spacial score (nSPS) is 17.2. The third kappa shape index (κ3) is 4.48. The molecule has 1 aliphatic heterocycles. The molecule has 8 heteroatoms. The summed E-state index contributed by atoms with van der Waals surface area (Å²) in [6.07, 6.45) is 0.510. The third-order valence-corrected chi connectivity index (χ3v) is 4.34. The van der Waals surface area contributed by atoms with E-state index < -0.39 is 29.7 Å². The second-order valence-corrected chi connectivity index (χ2v) is 6.91. The monoisotopic (exact) mass is 369 g/mol. The van der Waals surface area contributed by atoms with E-state index in [-0.39, 0.29) is 29.6 Å². The van der Waals surface area contributed by atoms with Crippen molar-refractivity contribution in [2.75, 3.05) is 13.6 Å². The number of carbonyl (C=O) groups is 3. The molecule has 136 valence electrons. The Morgan fingerprint density at radius 3 is 2.68 bits per heavy atom. The Labute approximate surface area is 150 Å². The van der Waals surface area contributed by atoms with Gasteiger partial charge in [0.05, 0.1) is 0 Å². The quantitative estimate of drug-likeness (QED) is 0.783. The zero-order chi connectivity index (χ0) is 18.7. The standard InChI is InChI=1S/C17H21ClFN3O3/c1-10(2)7-14-16(24)22(17(25)20-14)9-15(23)21(3)8-11-12(18)5-4-6-13(11)19/h4-6,10,14H,7-9H2,1-3H3,(H,20,25). The summed E-state index contributed by atoms with van der Waals surface area (Å²) in [6, 6.07) is 3.08. The number of carbonyl (C=O) groups excluding carboxylic acids is 3. The lowest BCUT2D eigenvalue weighted by atomic mass is 10.0. The molecule has 0 aromatic heterocycles.